The Hall–Kier alpha value is -3.42. The van der Waals surface area contributed by atoms with E-state index in [9.17, 15) is 9.90 Å². The van der Waals surface area contributed by atoms with Crippen LogP contribution >= 0.6 is 23.2 Å². The first-order valence-corrected chi connectivity index (χ1v) is 9.97. The summed E-state index contributed by atoms with van der Waals surface area (Å²) in [6.07, 6.45) is 1.77. The van der Waals surface area contributed by atoms with E-state index in [1.54, 1.807) is 42.1 Å². The number of halogens is 2. The number of aryl methyl sites for hydroxylation is 1. The molecule has 31 heavy (non-hydrogen) atoms. The van der Waals surface area contributed by atoms with Crippen LogP contribution in [0.15, 0.2) is 60.9 Å². The minimum Gasteiger partial charge on any atom is -0.449 e. The van der Waals surface area contributed by atoms with Crippen LogP contribution in [0, 0.1) is 6.92 Å². The van der Waals surface area contributed by atoms with Crippen LogP contribution in [0.4, 0.5) is 4.79 Å². The Morgan fingerprint density at radius 3 is 2.55 bits per heavy atom. The van der Waals surface area contributed by atoms with Crippen molar-refractivity contribution in [2.24, 2.45) is 0 Å². The van der Waals surface area contributed by atoms with Gasteiger partial charge in [-0.05, 0) is 30.7 Å². The van der Waals surface area contributed by atoms with E-state index in [2.05, 4.69) is 15.0 Å². The summed E-state index contributed by atoms with van der Waals surface area (Å²) in [6.45, 7) is 1.84. The van der Waals surface area contributed by atoms with Crippen LogP contribution in [-0.4, -0.2) is 30.8 Å². The number of hydrogen-bond acceptors (Lipinski definition) is 5. The minimum atomic E-state index is -1.45. The summed E-state index contributed by atoms with van der Waals surface area (Å²) in [4.78, 5) is 24.8. The summed E-state index contributed by atoms with van der Waals surface area (Å²) < 4.78 is 6.63. The molecule has 0 unspecified atom stereocenters. The van der Waals surface area contributed by atoms with E-state index in [0.717, 1.165) is 5.56 Å². The van der Waals surface area contributed by atoms with Crippen molar-refractivity contribution in [1.29, 1.82) is 0 Å². The molecule has 0 amide bonds. The standard InChI is InChI=1S/C22H16Cl2N4O3/c1-13-21(31-22(29)30)28(12-15-9-16(23)7-8-17(15)24)20(26-13)19-11-25-10-18(27-19)14-5-3-2-4-6-14/h2-11H,12H2,1H3,(H,29,30). The topological polar surface area (TPSA) is 90.1 Å². The zero-order valence-corrected chi connectivity index (χ0v) is 17.8. The first-order valence-electron chi connectivity index (χ1n) is 9.22. The molecular weight excluding hydrogens is 439 g/mol. The summed E-state index contributed by atoms with van der Waals surface area (Å²) in [7, 11) is 0. The minimum absolute atomic E-state index is 0.0745. The number of ether oxygens (including phenoxy) is 1. The number of benzene rings is 2. The SMILES string of the molecule is Cc1nc(-c2cncc(-c3ccccc3)n2)n(Cc2cc(Cl)ccc2Cl)c1OC(=O)O. The van der Waals surface area contributed by atoms with Crippen molar-refractivity contribution in [3.63, 3.8) is 0 Å². The highest BCUT2D eigenvalue weighted by atomic mass is 35.5. The average molecular weight is 455 g/mol. The average Bonchev–Trinajstić information content (AvgIpc) is 3.06. The van der Waals surface area contributed by atoms with Gasteiger partial charge < -0.3 is 9.84 Å². The van der Waals surface area contributed by atoms with Gasteiger partial charge in [-0.1, -0.05) is 53.5 Å². The lowest BCUT2D eigenvalue weighted by molar-refractivity contribution is 0.140. The quantitative estimate of drug-likeness (QED) is 0.387. The molecule has 0 atom stereocenters. The fourth-order valence-corrected chi connectivity index (χ4v) is 3.54. The molecule has 0 bridgehead atoms. The van der Waals surface area contributed by atoms with Crippen molar-refractivity contribution in [3.05, 3.63) is 82.2 Å². The van der Waals surface area contributed by atoms with Gasteiger partial charge in [0.2, 0.25) is 5.88 Å². The van der Waals surface area contributed by atoms with Crippen molar-refractivity contribution >= 4 is 29.4 Å². The number of rotatable bonds is 5. The van der Waals surface area contributed by atoms with Crippen molar-refractivity contribution in [1.82, 2.24) is 19.5 Å². The predicted octanol–water partition coefficient (Wildman–Crippen LogP) is 5.73. The van der Waals surface area contributed by atoms with Crippen LogP contribution < -0.4 is 4.74 Å². The van der Waals surface area contributed by atoms with Crippen LogP contribution in [0.1, 0.15) is 11.3 Å². The number of imidazole rings is 1. The summed E-state index contributed by atoms with van der Waals surface area (Å²) >= 11 is 12.5. The molecule has 4 rings (SSSR count). The van der Waals surface area contributed by atoms with E-state index in [0.29, 0.717) is 38.5 Å². The maximum atomic E-state index is 11.3. The molecule has 2 aromatic heterocycles. The fraction of sp³-hybridized carbons (Fsp3) is 0.0909. The lowest BCUT2D eigenvalue weighted by Gasteiger charge is -2.13. The lowest BCUT2D eigenvalue weighted by atomic mass is 10.1. The molecule has 7 nitrogen and oxygen atoms in total. The molecular formula is C22H16Cl2N4O3. The molecule has 4 aromatic rings. The number of aromatic nitrogens is 4. The normalized spacial score (nSPS) is 10.8. The molecule has 0 aliphatic carbocycles. The van der Waals surface area contributed by atoms with Gasteiger partial charge in [0, 0.05) is 15.6 Å². The van der Waals surface area contributed by atoms with E-state index < -0.39 is 6.16 Å². The van der Waals surface area contributed by atoms with Crippen LogP contribution in [0.25, 0.3) is 22.8 Å². The van der Waals surface area contributed by atoms with Gasteiger partial charge in [-0.25, -0.2) is 14.8 Å². The van der Waals surface area contributed by atoms with Crippen LogP contribution in [0.2, 0.25) is 10.0 Å². The molecule has 0 radical (unpaired) electrons. The van der Waals surface area contributed by atoms with Crippen LogP contribution in [-0.2, 0) is 6.54 Å². The Morgan fingerprint density at radius 2 is 1.81 bits per heavy atom. The molecule has 156 valence electrons. The van der Waals surface area contributed by atoms with Gasteiger partial charge in [-0.2, -0.15) is 0 Å². The molecule has 0 saturated heterocycles. The largest absolute Gasteiger partial charge is 0.512 e. The van der Waals surface area contributed by atoms with Crippen molar-refractivity contribution < 1.29 is 14.6 Å². The van der Waals surface area contributed by atoms with E-state index in [1.165, 1.54) is 0 Å². The van der Waals surface area contributed by atoms with Gasteiger partial charge in [-0.15, -0.1) is 0 Å². The van der Waals surface area contributed by atoms with E-state index in [1.807, 2.05) is 30.3 Å². The Balaban J connectivity index is 1.85. The maximum Gasteiger partial charge on any atom is 0.512 e. The highest BCUT2D eigenvalue weighted by molar-refractivity contribution is 6.33. The van der Waals surface area contributed by atoms with Gasteiger partial charge >= 0.3 is 6.16 Å². The smallest absolute Gasteiger partial charge is 0.449 e. The van der Waals surface area contributed by atoms with Gasteiger partial charge in [-0.3, -0.25) is 9.55 Å². The second-order valence-electron chi connectivity index (χ2n) is 6.67. The van der Waals surface area contributed by atoms with Gasteiger partial charge in [0.25, 0.3) is 0 Å². The summed E-state index contributed by atoms with van der Waals surface area (Å²) in [5, 5.41) is 10.2. The third-order valence-electron chi connectivity index (χ3n) is 4.54. The molecule has 1 N–H and O–H groups in total. The Bertz CT molecular complexity index is 1260. The second-order valence-corrected chi connectivity index (χ2v) is 7.52. The lowest BCUT2D eigenvalue weighted by Crippen LogP contribution is -2.11. The molecule has 2 aromatic carbocycles. The monoisotopic (exact) mass is 454 g/mol. The Labute approximate surface area is 187 Å². The zero-order chi connectivity index (χ0) is 22.0. The second kappa shape index (κ2) is 8.75. The van der Waals surface area contributed by atoms with Crippen molar-refractivity contribution in [2.75, 3.05) is 0 Å². The molecule has 0 spiro atoms. The maximum absolute atomic E-state index is 11.3. The number of hydrogen-bond donors (Lipinski definition) is 1. The third-order valence-corrected chi connectivity index (χ3v) is 5.14. The molecule has 0 aliphatic rings. The van der Waals surface area contributed by atoms with Gasteiger partial charge in [0.1, 0.15) is 11.4 Å². The predicted molar refractivity (Wildman–Crippen MR) is 118 cm³/mol. The Morgan fingerprint density at radius 1 is 1.06 bits per heavy atom. The highest BCUT2D eigenvalue weighted by Crippen LogP contribution is 2.31. The highest BCUT2D eigenvalue weighted by Gasteiger charge is 2.22. The summed E-state index contributed by atoms with van der Waals surface area (Å²) in [6, 6.07) is 14.7. The molecule has 9 heteroatoms. The van der Waals surface area contributed by atoms with Crippen molar-refractivity contribution in [3.8, 4) is 28.7 Å². The molecule has 0 aliphatic heterocycles. The summed E-state index contributed by atoms with van der Waals surface area (Å²) in [5.41, 5.74) is 3.08. The van der Waals surface area contributed by atoms with Gasteiger partial charge in [0.05, 0.1) is 24.6 Å². The molecule has 0 fully saturated rings. The van der Waals surface area contributed by atoms with Crippen LogP contribution in [0.3, 0.4) is 0 Å². The van der Waals surface area contributed by atoms with Crippen LogP contribution in [0.5, 0.6) is 5.88 Å². The molecule has 2 heterocycles. The zero-order valence-electron chi connectivity index (χ0n) is 16.3. The molecule has 0 saturated carbocycles. The number of carboxylic acid groups (broad SMARTS) is 1. The van der Waals surface area contributed by atoms with Gasteiger partial charge in [0.15, 0.2) is 5.82 Å². The first kappa shape index (κ1) is 20.8. The summed E-state index contributed by atoms with van der Waals surface area (Å²) in [5.74, 6) is 0.473. The van der Waals surface area contributed by atoms with E-state index >= 15 is 0 Å². The third kappa shape index (κ3) is 4.52. The van der Waals surface area contributed by atoms with Crippen molar-refractivity contribution in [2.45, 2.75) is 13.5 Å². The first-order chi connectivity index (χ1) is 14.9. The number of carbonyl (C=O) groups is 1. The van der Waals surface area contributed by atoms with E-state index in [-0.39, 0.29) is 12.4 Å². The Kier molecular flexibility index (Phi) is 5.88. The number of nitrogens with zero attached hydrogens (tertiary/aromatic N) is 4. The van der Waals surface area contributed by atoms with E-state index in [4.69, 9.17) is 27.9 Å². The fourth-order valence-electron chi connectivity index (χ4n) is 3.17.